The zero-order valence-corrected chi connectivity index (χ0v) is 14.0. The summed E-state index contributed by atoms with van der Waals surface area (Å²) in [5.74, 6) is 0.896. The molecule has 0 bridgehead atoms. The van der Waals surface area contributed by atoms with E-state index in [9.17, 15) is 0 Å². The monoisotopic (exact) mass is 351 g/mol. The van der Waals surface area contributed by atoms with Gasteiger partial charge in [0.15, 0.2) is 5.65 Å². The van der Waals surface area contributed by atoms with Crippen LogP contribution in [0, 0.1) is 0 Å². The predicted molar refractivity (Wildman–Crippen MR) is 88.7 cm³/mol. The molecule has 0 radical (unpaired) electrons. The maximum absolute atomic E-state index is 4.52. The molecule has 2 aromatic heterocycles. The van der Waals surface area contributed by atoms with Crippen molar-refractivity contribution in [2.45, 2.75) is 38.6 Å². The molecule has 1 saturated heterocycles. The Bertz CT molecular complexity index is 597. The van der Waals surface area contributed by atoms with Crippen molar-refractivity contribution < 1.29 is 0 Å². The van der Waals surface area contributed by atoms with Gasteiger partial charge in [0.05, 0.1) is 6.20 Å². The Morgan fingerprint density at radius 3 is 3.14 bits per heavy atom. The molecule has 6 heteroatoms. The lowest BCUT2D eigenvalue weighted by Gasteiger charge is -2.33. The minimum absolute atomic E-state index is 0.745. The molecule has 0 aliphatic carbocycles. The molecular weight excluding hydrogens is 330 g/mol. The summed E-state index contributed by atoms with van der Waals surface area (Å²) in [6.07, 6.45) is 7.00. The SMILES string of the molecule is CC1CCCCN1CCCNc1ccc2ncc(Br)n2n1. The van der Waals surface area contributed by atoms with Crippen molar-refractivity contribution in [1.29, 1.82) is 0 Å². The summed E-state index contributed by atoms with van der Waals surface area (Å²) < 4.78 is 2.68. The Hall–Kier alpha value is -1.14. The number of fused-ring (bicyclic) bond motifs is 1. The lowest BCUT2D eigenvalue weighted by atomic mass is 10.0. The molecule has 1 N–H and O–H groups in total. The van der Waals surface area contributed by atoms with E-state index in [4.69, 9.17) is 0 Å². The molecule has 0 saturated carbocycles. The number of nitrogens with zero attached hydrogens (tertiary/aromatic N) is 4. The highest BCUT2D eigenvalue weighted by atomic mass is 79.9. The van der Waals surface area contributed by atoms with Gasteiger partial charge >= 0.3 is 0 Å². The van der Waals surface area contributed by atoms with Crippen LogP contribution in [-0.2, 0) is 0 Å². The van der Waals surface area contributed by atoms with Crippen molar-refractivity contribution in [3.8, 4) is 0 Å². The maximum atomic E-state index is 4.52. The fourth-order valence-corrected chi connectivity index (χ4v) is 3.29. The molecule has 1 aliphatic rings. The van der Waals surface area contributed by atoms with E-state index < -0.39 is 0 Å². The average molecular weight is 352 g/mol. The molecule has 1 unspecified atom stereocenters. The average Bonchev–Trinajstić information content (AvgIpc) is 2.86. The molecule has 1 fully saturated rings. The number of nitrogens with one attached hydrogen (secondary N) is 1. The van der Waals surface area contributed by atoms with E-state index in [2.05, 4.69) is 43.2 Å². The van der Waals surface area contributed by atoms with Crippen LogP contribution in [0.1, 0.15) is 32.6 Å². The summed E-state index contributed by atoms with van der Waals surface area (Å²) in [6.45, 7) is 5.73. The minimum atomic E-state index is 0.745. The van der Waals surface area contributed by atoms with E-state index in [1.165, 1.54) is 32.4 Å². The van der Waals surface area contributed by atoms with E-state index in [-0.39, 0.29) is 0 Å². The van der Waals surface area contributed by atoms with Crippen molar-refractivity contribution in [2.24, 2.45) is 0 Å². The molecule has 1 aliphatic heterocycles. The first-order valence-electron chi connectivity index (χ1n) is 7.72. The second-order valence-electron chi connectivity index (χ2n) is 5.73. The highest BCUT2D eigenvalue weighted by Crippen LogP contribution is 2.16. The van der Waals surface area contributed by atoms with Gasteiger partial charge in [-0.15, -0.1) is 5.10 Å². The Balaban J connectivity index is 1.48. The number of piperidine rings is 1. The highest BCUT2D eigenvalue weighted by Gasteiger charge is 2.17. The minimum Gasteiger partial charge on any atom is -0.369 e. The molecule has 0 amide bonds. The van der Waals surface area contributed by atoms with Crippen LogP contribution in [0.25, 0.3) is 5.65 Å². The summed E-state index contributed by atoms with van der Waals surface area (Å²) in [6, 6.07) is 4.71. The van der Waals surface area contributed by atoms with Crippen LogP contribution in [0.15, 0.2) is 22.9 Å². The quantitative estimate of drug-likeness (QED) is 0.840. The zero-order valence-electron chi connectivity index (χ0n) is 12.4. The standard InChI is InChI=1S/C15H22BrN5/c1-12-5-2-3-9-20(12)10-4-8-17-14-6-7-15-18-11-13(16)21(15)19-14/h6-7,11-12H,2-5,8-10H2,1H3,(H,17,19). The number of halogens is 1. The fourth-order valence-electron chi connectivity index (χ4n) is 2.93. The molecule has 3 heterocycles. The zero-order chi connectivity index (χ0) is 14.7. The van der Waals surface area contributed by atoms with Crippen LogP contribution in [0.3, 0.4) is 0 Å². The van der Waals surface area contributed by atoms with Gasteiger partial charge in [0, 0.05) is 19.1 Å². The summed E-state index contributed by atoms with van der Waals surface area (Å²) in [7, 11) is 0. The van der Waals surface area contributed by atoms with E-state index in [0.29, 0.717) is 0 Å². The number of aromatic nitrogens is 3. The van der Waals surface area contributed by atoms with Gasteiger partial charge in [-0.05, 0) is 60.8 Å². The summed E-state index contributed by atoms with van der Waals surface area (Å²) >= 11 is 3.45. The predicted octanol–water partition coefficient (Wildman–Crippen LogP) is 3.17. The number of anilines is 1. The molecule has 1 atom stereocenters. The normalized spacial score (nSPS) is 20.0. The molecule has 2 aromatic rings. The van der Waals surface area contributed by atoms with Crippen LogP contribution in [-0.4, -0.2) is 45.2 Å². The second kappa shape index (κ2) is 6.75. The third-order valence-electron chi connectivity index (χ3n) is 4.19. The molecule has 114 valence electrons. The second-order valence-corrected chi connectivity index (χ2v) is 6.54. The topological polar surface area (TPSA) is 45.5 Å². The van der Waals surface area contributed by atoms with Crippen LogP contribution < -0.4 is 5.32 Å². The largest absolute Gasteiger partial charge is 0.369 e. The Morgan fingerprint density at radius 2 is 2.29 bits per heavy atom. The summed E-state index contributed by atoms with van der Waals surface area (Å²) in [5, 5.41) is 7.92. The molecular formula is C15H22BrN5. The fraction of sp³-hybridized carbons (Fsp3) is 0.600. The van der Waals surface area contributed by atoms with Crippen molar-refractivity contribution in [3.05, 3.63) is 22.9 Å². The molecule has 5 nitrogen and oxygen atoms in total. The van der Waals surface area contributed by atoms with Crippen LogP contribution >= 0.6 is 15.9 Å². The van der Waals surface area contributed by atoms with Crippen molar-refractivity contribution in [2.75, 3.05) is 25.0 Å². The Kier molecular flexibility index (Phi) is 4.75. The molecule has 21 heavy (non-hydrogen) atoms. The van der Waals surface area contributed by atoms with Gasteiger partial charge in [-0.2, -0.15) is 0 Å². The number of rotatable bonds is 5. The number of hydrogen-bond donors (Lipinski definition) is 1. The summed E-state index contributed by atoms with van der Waals surface area (Å²) in [4.78, 5) is 6.85. The lowest BCUT2D eigenvalue weighted by Crippen LogP contribution is -2.38. The molecule has 0 spiro atoms. The maximum Gasteiger partial charge on any atom is 0.154 e. The van der Waals surface area contributed by atoms with E-state index >= 15 is 0 Å². The van der Waals surface area contributed by atoms with E-state index in [0.717, 1.165) is 35.1 Å². The summed E-state index contributed by atoms with van der Waals surface area (Å²) in [5.41, 5.74) is 0.856. The molecule has 0 aromatic carbocycles. The Labute approximate surface area is 133 Å². The highest BCUT2D eigenvalue weighted by molar-refractivity contribution is 9.10. The third kappa shape index (κ3) is 3.55. The third-order valence-corrected chi connectivity index (χ3v) is 4.73. The van der Waals surface area contributed by atoms with Crippen LogP contribution in [0.2, 0.25) is 0 Å². The lowest BCUT2D eigenvalue weighted by molar-refractivity contribution is 0.160. The number of likely N-dealkylation sites (tertiary alicyclic amines) is 1. The van der Waals surface area contributed by atoms with Gasteiger partial charge in [-0.25, -0.2) is 9.50 Å². The van der Waals surface area contributed by atoms with Gasteiger partial charge < -0.3 is 10.2 Å². The van der Waals surface area contributed by atoms with E-state index in [1.807, 2.05) is 12.1 Å². The first-order chi connectivity index (χ1) is 10.2. The van der Waals surface area contributed by atoms with Crippen LogP contribution in [0.4, 0.5) is 5.82 Å². The first kappa shape index (κ1) is 14.8. The van der Waals surface area contributed by atoms with Gasteiger partial charge in [0.2, 0.25) is 0 Å². The van der Waals surface area contributed by atoms with Gasteiger partial charge in [0.1, 0.15) is 10.4 Å². The smallest absolute Gasteiger partial charge is 0.154 e. The number of hydrogen-bond acceptors (Lipinski definition) is 4. The van der Waals surface area contributed by atoms with Crippen molar-refractivity contribution in [3.63, 3.8) is 0 Å². The van der Waals surface area contributed by atoms with Crippen LogP contribution in [0.5, 0.6) is 0 Å². The van der Waals surface area contributed by atoms with Gasteiger partial charge in [-0.1, -0.05) is 6.42 Å². The van der Waals surface area contributed by atoms with Crippen molar-refractivity contribution in [1.82, 2.24) is 19.5 Å². The van der Waals surface area contributed by atoms with Gasteiger partial charge in [-0.3, -0.25) is 0 Å². The Morgan fingerprint density at radius 1 is 1.38 bits per heavy atom. The number of imidazole rings is 1. The van der Waals surface area contributed by atoms with E-state index in [1.54, 1.807) is 10.7 Å². The first-order valence-corrected chi connectivity index (χ1v) is 8.51. The molecule has 3 rings (SSSR count). The van der Waals surface area contributed by atoms with Crippen molar-refractivity contribution >= 4 is 27.4 Å². The van der Waals surface area contributed by atoms with Gasteiger partial charge in [0.25, 0.3) is 0 Å².